The summed E-state index contributed by atoms with van der Waals surface area (Å²) in [6, 6.07) is 21.7. The second-order valence-electron chi connectivity index (χ2n) is 29.3. The molecule has 10 nitrogen and oxygen atoms in total. The fourth-order valence-electron chi connectivity index (χ4n) is 15.7. The van der Waals surface area contributed by atoms with E-state index in [9.17, 15) is 0 Å². The number of fused-ring (bicyclic) bond motifs is 4. The molecule has 6 atom stereocenters. The maximum absolute atomic E-state index is 15.6. The van der Waals surface area contributed by atoms with Crippen LogP contribution in [0.5, 0.6) is 11.5 Å². The molecule has 550 valence electrons. The van der Waals surface area contributed by atoms with E-state index in [1.807, 2.05) is 31.7 Å². The minimum Gasteiger partial charge on any atom is -0.491 e. The normalized spacial score (nSPS) is 16.8. The van der Waals surface area contributed by atoms with Crippen molar-refractivity contribution in [1.29, 1.82) is 0 Å². The van der Waals surface area contributed by atoms with Crippen molar-refractivity contribution < 1.29 is 28.7 Å². The lowest BCUT2D eigenvalue weighted by Crippen LogP contribution is -2.34. The van der Waals surface area contributed by atoms with Crippen molar-refractivity contribution in [2.75, 3.05) is 39.4 Å². The summed E-state index contributed by atoms with van der Waals surface area (Å²) in [4.78, 5) is 78.5. The smallest absolute Gasteiger partial charge is 0.261 e. The van der Waals surface area contributed by atoms with Gasteiger partial charge in [-0.2, -0.15) is 0 Å². The Balaban J connectivity index is 1.07. The molecule has 11 rings (SSSR count). The van der Waals surface area contributed by atoms with E-state index in [2.05, 4.69) is 142 Å². The third-order valence-electron chi connectivity index (χ3n) is 22.4. The van der Waals surface area contributed by atoms with Crippen LogP contribution in [0.25, 0.3) is 62.5 Å². The van der Waals surface area contributed by atoms with E-state index in [0.29, 0.717) is 85.4 Å². The number of carbonyl (C=O) groups is 4. The van der Waals surface area contributed by atoms with Crippen LogP contribution in [0.4, 0.5) is 0 Å². The van der Waals surface area contributed by atoms with Crippen molar-refractivity contribution in [3.63, 3.8) is 0 Å². The zero-order valence-electron chi connectivity index (χ0n) is 63.3. The van der Waals surface area contributed by atoms with Crippen LogP contribution >= 0.6 is 68.0 Å². The van der Waals surface area contributed by atoms with Gasteiger partial charge in [0, 0.05) is 56.5 Å². The van der Waals surface area contributed by atoms with E-state index < -0.39 is 0 Å². The summed E-state index contributed by atoms with van der Waals surface area (Å²) < 4.78 is 16.9. The van der Waals surface area contributed by atoms with Gasteiger partial charge >= 0.3 is 0 Å². The number of hydrogen-bond acceptors (Lipinski definition) is 12. The first-order valence-corrected chi connectivity index (χ1v) is 44.6. The zero-order chi connectivity index (χ0) is 72.1. The van der Waals surface area contributed by atoms with Crippen LogP contribution in [0.3, 0.4) is 0 Å². The number of ether oxygens (including phenoxy) is 2. The highest BCUT2D eigenvalue weighted by Crippen LogP contribution is 2.57. The molecule has 7 aromatic rings. The number of amides is 4. The molecule has 0 bridgehead atoms. The van der Waals surface area contributed by atoms with Crippen molar-refractivity contribution in [3.05, 3.63) is 113 Å². The van der Waals surface area contributed by atoms with Crippen LogP contribution in [-0.2, 0) is 19.2 Å². The quantitative estimate of drug-likeness (QED) is 0.0377. The molecular formula is C86H114N4O6S6. The summed E-state index contributed by atoms with van der Waals surface area (Å²) in [6.07, 6.45) is 25.5. The predicted octanol–water partition coefficient (Wildman–Crippen LogP) is 25.4. The Hall–Kier alpha value is -5.62. The molecule has 4 amide bonds. The molecule has 0 saturated heterocycles. The van der Waals surface area contributed by atoms with Gasteiger partial charge in [0.2, 0.25) is 0 Å². The maximum atomic E-state index is 15.6. The molecular weight excluding hydrogens is 1380 g/mol. The highest BCUT2D eigenvalue weighted by atomic mass is 32.1. The lowest BCUT2D eigenvalue weighted by molar-refractivity contribution is -0.124. The fraction of sp³-hybridized carbons (Fsp3) is 0.558. The molecule has 0 spiro atoms. The SMILES string of the molecule is CCCCC(CC)COc1c2cc(-c3ccc(C4=C5C(=O)N(CC(CC)CCCC)C(c6cccs6)=C5C(=O)N4CC(CC)CCCC)s3)sc2c(OCC(CC)CCCC)c2cc(-c3ccc(C4=C5C(=O)N(CC(CC)CCCC)C(c6cccs6)=C5C(=O)N4CC(CC)CCCC)s3)sc12. The summed E-state index contributed by atoms with van der Waals surface area (Å²) in [7, 11) is 0. The third-order valence-corrected chi connectivity index (χ3v) is 28.9. The fourth-order valence-corrected chi connectivity index (χ4v) is 21.9. The van der Waals surface area contributed by atoms with Gasteiger partial charge in [0.15, 0.2) is 0 Å². The monoisotopic (exact) mass is 1490 g/mol. The molecule has 0 N–H and O–H groups in total. The van der Waals surface area contributed by atoms with Crippen LogP contribution in [-0.4, -0.2) is 82.6 Å². The van der Waals surface area contributed by atoms with Gasteiger partial charge < -0.3 is 29.1 Å². The minimum atomic E-state index is -0.0530. The van der Waals surface area contributed by atoms with Gasteiger partial charge in [0.25, 0.3) is 23.6 Å². The number of carbonyl (C=O) groups excluding carboxylic acids is 4. The first-order valence-electron chi connectivity index (χ1n) is 39.6. The van der Waals surface area contributed by atoms with Crippen LogP contribution in [0.15, 0.2) is 93.7 Å². The molecule has 0 aliphatic carbocycles. The molecule has 0 saturated carbocycles. The second kappa shape index (κ2) is 36.6. The lowest BCUT2D eigenvalue weighted by Gasteiger charge is -2.29. The van der Waals surface area contributed by atoms with E-state index in [-0.39, 0.29) is 35.5 Å². The molecule has 1 aromatic carbocycles. The van der Waals surface area contributed by atoms with E-state index in [0.717, 1.165) is 248 Å². The average molecular weight is 1490 g/mol. The number of benzene rings is 1. The highest BCUT2D eigenvalue weighted by molar-refractivity contribution is 7.28. The standard InChI is InChI=1S/C86H114N4O6S6/c1-13-25-33-55(19-7)49-87-75(65-39-31-45-97-65)71-73(85(87)93)77(89(83(71)91)51-57(21-9)35-27-15-3)67-43-41-63(99-67)69-47-61-79(95-53-59(23-11)37-29-17-5)82-62(80(81(61)101-69)96-54-60(24-12)38-30-18-6)48-70(102-82)64-42-44-68(100-64)78-74-72(84(92)90(78)52-58(22-10)36-28-16-4)76(66-40-32-46-98-66)88(86(74)94)50-56(20-8)34-26-14-2/h31-32,39-48,55-60H,13-30,33-38,49-54H2,1-12H3. The molecule has 4 aliphatic rings. The zero-order valence-corrected chi connectivity index (χ0v) is 68.2. The summed E-state index contributed by atoms with van der Waals surface area (Å²) in [6.45, 7) is 30.5. The van der Waals surface area contributed by atoms with Gasteiger partial charge in [-0.15, -0.1) is 68.0 Å². The van der Waals surface area contributed by atoms with Crippen LogP contribution < -0.4 is 9.47 Å². The number of thiophene rings is 6. The summed E-state index contributed by atoms with van der Waals surface area (Å²) in [5.74, 6) is 3.52. The van der Waals surface area contributed by atoms with Crippen LogP contribution in [0.2, 0.25) is 0 Å². The number of nitrogens with zero attached hydrogens (tertiary/aromatic N) is 4. The molecule has 6 unspecified atom stereocenters. The topological polar surface area (TPSA) is 99.7 Å². The summed E-state index contributed by atoms with van der Waals surface area (Å²) in [5, 5.41) is 6.20. The third kappa shape index (κ3) is 16.3. The van der Waals surface area contributed by atoms with E-state index in [4.69, 9.17) is 9.47 Å². The number of rotatable bonds is 44. The molecule has 6 aromatic heterocycles. The second-order valence-corrected chi connectivity index (χ2v) is 35.5. The van der Waals surface area contributed by atoms with E-state index >= 15 is 19.2 Å². The maximum Gasteiger partial charge on any atom is 0.261 e. The van der Waals surface area contributed by atoms with Crippen molar-refractivity contribution in [3.8, 4) is 31.0 Å². The molecule has 0 fully saturated rings. The highest BCUT2D eigenvalue weighted by Gasteiger charge is 2.52. The number of unbranched alkanes of at least 4 members (excludes halogenated alkanes) is 6. The first kappa shape index (κ1) is 77.5. The van der Waals surface area contributed by atoms with Gasteiger partial charge in [0.1, 0.15) is 11.5 Å². The van der Waals surface area contributed by atoms with Crippen LogP contribution in [0, 0.1) is 35.5 Å². The predicted molar refractivity (Wildman–Crippen MR) is 438 cm³/mol. The van der Waals surface area contributed by atoms with Gasteiger partial charge in [-0.05, 0) is 133 Å². The van der Waals surface area contributed by atoms with Crippen molar-refractivity contribution in [2.45, 2.75) is 237 Å². The van der Waals surface area contributed by atoms with E-state index in [1.54, 1.807) is 68.0 Å². The molecule has 10 heterocycles. The lowest BCUT2D eigenvalue weighted by atomic mass is 9.98. The Labute approximate surface area is 634 Å². The number of hydrogen-bond donors (Lipinski definition) is 0. The van der Waals surface area contributed by atoms with Gasteiger partial charge in [0.05, 0.1) is 87.2 Å². The summed E-state index contributed by atoms with van der Waals surface area (Å²) >= 11 is 10.1. The van der Waals surface area contributed by atoms with Gasteiger partial charge in [-0.1, -0.05) is 211 Å². The molecule has 102 heavy (non-hydrogen) atoms. The minimum absolute atomic E-state index is 0.0530. The summed E-state index contributed by atoms with van der Waals surface area (Å²) in [5.41, 5.74) is 5.36. The molecule has 4 aliphatic heterocycles. The Kier molecular flexibility index (Phi) is 27.8. The van der Waals surface area contributed by atoms with Gasteiger partial charge in [-0.3, -0.25) is 19.2 Å². The first-order chi connectivity index (χ1) is 49.8. The molecule has 16 heteroatoms. The Morgan fingerprint density at radius 3 is 0.863 bits per heavy atom. The molecule has 0 radical (unpaired) electrons. The van der Waals surface area contributed by atoms with Crippen molar-refractivity contribution in [2.24, 2.45) is 35.5 Å². The van der Waals surface area contributed by atoms with Gasteiger partial charge in [-0.25, -0.2) is 0 Å². The largest absolute Gasteiger partial charge is 0.491 e. The Morgan fingerprint density at radius 1 is 0.324 bits per heavy atom. The Bertz CT molecular complexity index is 3820. The van der Waals surface area contributed by atoms with Crippen molar-refractivity contribution >= 4 is 135 Å². The average Bonchev–Trinajstić information content (AvgIpc) is 1.56. The Morgan fingerprint density at radius 2 is 0.598 bits per heavy atom. The van der Waals surface area contributed by atoms with Crippen molar-refractivity contribution in [1.82, 2.24) is 19.6 Å². The van der Waals surface area contributed by atoms with Crippen LogP contribution in [0.1, 0.15) is 257 Å². The van der Waals surface area contributed by atoms with E-state index in [1.165, 1.54) is 0 Å².